The number of hydrogen-bond acceptors (Lipinski definition) is 4. The number of para-hydroxylation sites is 1. The summed E-state index contributed by atoms with van der Waals surface area (Å²) in [6, 6.07) is 6.51. The number of rotatable bonds is 8. The summed E-state index contributed by atoms with van der Waals surface area (Å²) in [5.74, 6) is 0. The van der Waals surface area contributed by atoms with Crippen LogP contribution >= 0.6 is 0 Å². The molecular formula is C14H22N2O3S. The minimum absolute atomic E-state index is 0.0631. The zero-order valence-corrected chi connectivity index (χ0v) is 13.0. The van der Waals surface area contributed by atoms with Crippen molar-refractivity contribution in [2.75, 3.05) is 6.54 Å². The van der Waals surface area contributed by atoms with Crippen molar-refractivity contribution in [1.29, 1.82) is 0 Å². The van der Waals surface area contributed by atoms with Crippen molar-refractivity contribution in [3.05, 3.63) is 34.4 Å². The normalized spacial score (nSPS) is 15.6. The highest BCUT2D eigenvalue weighted by atomic mass is 32.2. The van der Waals surface area contributed by atoms with Crippen molar-refractivity contribution in [3.8, 4) is 0 Å². The van der Waals surface area contributed by atoms with Crippen LogP contribution in [-0.2, 0) is 10.8 Å². The summed E-state index contributed by atoms with van der Waals surface area (Å²) in [7, 11) is -1.37. The molecule has 3 atom stereocenters. The van der Waals surface area contributed by atoms with Gasteiger partial charge in [-0.2, -0.15) is 0 Å². The maximum Gasteiger partial charge on any atom is 0.285 e. The summed E-state index contributed by atoms with van der Waals surface area (Å²) in [6.07, 6.45) is 1.77. The van der Waals surface area contributed by atoms with Crippen LogP contribution in [0.4, 0.5) is 5.69 Å². The molecule has 0 radical (unpaired) electrons. The first kappa shape index (κ1) is 16.8. The van der Waals surface area contributed by atoms with Crippen LogP contribution in [0.15, 0.2) is 29.2 Å². The molecule has 0 saturated heterocycles. The molecule has 1 aromatic rings. The Labute approximate surface area is 122 Å². The van der Waals surface area contributed by atoms with Crippen molar-refractivity contribution >= 4 is 16.5 Å². The van der Waals surface area contributed by atoms with Crippen LogP contribution in [0.5, 0.6) is 0 Å². The lowest BCUT2D eigenvalue weighted by Crippen LogP contribution is -2.31. The van der Waals surface area contributed by atoms with Gasteiger partial charge in [0.2, 0.25) is 0 Å². The fraction of sp³-hybridized carbons (Fsp3) is 0.571. The lowest BCUT2D eigenvalue weighted by molar-refractivity contribution is -0.387. The average molecular weight is 298 g/mol. The predicted molar refractivity (Wildman–Crippen MR) is 81.3 cm³/mol. The van der Waals surface area contributed by atoms with E-state index in [0.29, 0.717) is 4.90 Å². The monoisotopic (exact) mass is 298 g/mol. The summed E-state index contributed by atoms with van der Waals surface area (Å²) < 4.78 is 12.5. The summed E-state index contributed by atoms with van der Waals surface area (Å²) in [5, 5.41) is 14.2. The van der Waals surface area contributed by atoms with Crippen LogP contribution < -0.4 is 5.32 Å². The third-order valence-electron chi connectivity index (χ3n) is 3.07. The van der Waals surface area contributed by atoms with Crippen LogP contribution in [0.3, 0.4) is 0 Å². The Bertz CT molecular complexity index is 479. The highest BCUT2D eigenvalue weighted by Gasteiger charge is 2.23. The SMILES string of the molecule is CCCNC(C)CC(C)S(=O)c1ccccc1[N+](=O)[O-]. The third kappa shape index (κ3) is 4.68. The van der Waals surface area contributed by atoms with Gasteiger partial charge in [0, 0.05) is 17.4 Å². The molecule has 1 N–H and O–H groups in total. The van der Waals surface area contributed by atoms with Crippen LogP contribution in [-0.4, -0.2) is 27.0 Å². The predicted octanol–water partition coefficient (Wildman–Crippen LogP) is 2.87. The molecule has 0 amide bonds. The molecule has 0 bridgehead atoms. The fourth-order valence-corrected chi connectivity index (χ4v) is 3.51. The summed E-state index contributed by atoms with van der Waals surface area (Å²) in [4.78, 5) is 10.8. The van der Waals surface area contributed by atoms with E-state index >= 15 is 0 Å². The third-order valence-corrected chi connectivity index (χ3v) is 4.77. The molecule has 1 aromatic carbocycles. The standard InChI is InChI=1S/C14H22N2O3S/c1-4-9-15-11(2)10-12(3)20(19)14-8-6-5-7-13(14)16(17)18/h5-8,11-12,15H,4,9-10H2,1-3H3. The highest BCUT2D eigenvalue weighted by Crippen LogP contribution is 2.24. The summed E-state index contributed by atoms with van der Waals surface area (Å²) >= 11 is 0. The summed E-state index contributed by atoms with van der Waals surface area (Å²) in [5.41, 5.74) is -0.0631. The maximum atomic E-state index is 12.5. The van der Waals surface area contributed by atoms with E-state index in [4.69, 9.17) is 0 Å². The van der Waals surface area contributed by atoms with Gasteiger partial charge in [-0.25, -0.2) is 0 Å². The number of nitrogens with zero attached hydrogens (tertiary/aromatic N) is 1. The minimum Gasteiger partial charge on any atom is -0.314 e. The molecule has 0 spiro atoms. The molecule has 0 heterocycles. The molecule has 0 aliphatic carbocycles. The lowest BCUT2D eigenvalue weighted by atomic mass is 10.2. The van der Waals surface area contributed by atoms with E-state index in [1.165, 1.54) is 6.07 Å². The molecule has 5 nitrogen and oxygen atoms in total. The van der Waals surface area contributed by atoms with Gasteiger partial charge in [0.15, 0.2) is 0 Å². The molecule has 0 aromatic heterocycles. The first-order valence-electron chi connectivity index (χ1n) is 6.84. The van der Waals surface area contributed by atoms with Crippen LogP contribution in [0, 0.1) is 10.1 Å². The first-order chi connectivity index (χ1) is 9.47. The second-order valence-electron chi connectivity index (χ2n) is 4.92. The first-order valence-corrected chi connectivity index (χ1v) is 8.06. The van der Waals surface area contributed by atoms with E-state index in [1.54, 1.807) is 18.2 Å². The number of hydrogen-bond donors (Lipinski definition) is 1. The average Bonchev–Trinajstić information content (AvgIpc) is 2.44. The molecule has 20 heavy (non-hydrogen) atoms. The molecule has 6 heteroatoms. The smallest absolute Gasteiger partial charge is 0.285 e. The number of nitro groups is 1. The van der Waals surface area contributed by atoms with Crippen molar-refractivity contribution < 1.29 is 9.13 Å². The van der Waals surface area contributed by atoms with Gasteiger partial charge in [0.05, 0.1) is 15.7 Å². The Hall–Kier alpha value is -1.27. The highest BCUT2D eigenvalue weighted by molar-refractivity contribution is 7.85. The van der Waals surface area contributed by atoms with Gasteiger partial charge in [-0.3, -0.25) is 14.3 Å². The Morgan fingerprint density at radius 2 is 2.00 bits per heavy atom. The topological polar surface area (TPSA) is 72.2 Å². The van der Waals surface area contributed by atoms with Crippen LogP contribution in [0.1, 0.15) is 33.6 Å². The molecule has 0 aliphatic rings. The van der Waals surface area contributed by atoms with Gasteiger partial charge in [0.1, 0.15) is 4.90 Å². The molecule has 112 valence electrons. The van der Waals surface area contributed by atoms with E-state index in [1.807, 2.05) is 13.8 Å². The van der Waals surface area contributed by atoms with Gasteiger partial charge in [0.25, 0.3) is 5.69 Å². The molecular weight excluding hydrogens is 276 g/mol. The van der Waals surface area contributed by atoms with E-state index in [9.17, 15) is 14.3 Å². The molecule has 0 saturated carbocycles. The molecule has 0 fully saturated rings. The number of benzene rings is 1. The quantitative estimate of drug-likeness (QED) is 0.591. The van der Waals surface area contributed by atoms with Crippen LogP contribution in [0.25, 0.3) is 0 Å². The van der Waals surface area contributed by atoms with E-state index < -0.39 is 15.7 Å². The Kier molecular flexibility index (Phi) is 6.81. The molecule has 1 rings (SSSR count). The fourth-order valence-electron chi connectivity index (χ4n) is 2.05. The van der Waals surface area contributed by atoms with Crippen molar-refractivity contribution in [2.24, 2.45) is 0 Å². The number of nitrogens with one attached hydrogen (secondary N) is 1. The van der Waals surface area contributed by atoms with Crippen LogP contribution in [0.2, 0.25) is 0 Å². The minimum atomic E-state index is -1.37. The van der Waals surface area contributed by atoms with Gasteiger partial charge in [-0.05, 0) is 32.4 Å². The second-order valence-corrected chi connectivity index (χ2v) is 6.76. The Morgan fingerprint density at radius 1 is 1.35 bits per heavy atom. The van der Waals surface area contributed by atoms with Crippen molar-refractivity contribution in [2.45, 2.75) is 49.8 Å². The van der Waals surface area contributed by atoms with Gasteiger partial charge in [-0.15, -0.1) is 0 Å². The zero-order valence-electron chi connectivity index (χ0n) is 12.2. The Morgan fingerprint density at radius 3 is 2.60 bits per heavy atom. The van der Waals surface area contributed by atoms with E-state index in [2.05, 4.69) is 12.2 Å². The molecule has 3 unspecified atom stereocenters. The van der Waals surface area contributed by atoms with Crippen molar-refractivity contribution in [1.82, 2.24) is 5.32 Å². The zero-order chi connectivity index (χ0) is 15.1. The van der Waals surface area contributed by atoms with E-state index in [-0.39, 0.29) is 17.0 Å². The maximum absolute atomic E-state index is 12.5. The van der Waals surface area contributed by atoms with Crippen molar-refractivity contribution in [3.63, 3.8) is 0 Å². The van der Waals surface area contributed by atoms with E-state index in [0.717, 1.165) is 19.4 Å². The molecule has 0 aliphatic heterocycles. The largest absolute Gasteiger partial charge is 0.314 e. The number of nitro benzene ring substituents is 1. The second kappa shape index (κ2) is 8.11. The lowest BCUT2D eigenvalue weighted by Gasteiger charge is -2.18. The van der Waals surface area contributed by atoms with Gasteiger partial charge >= 0.3 is 0 Å². The van der Waals surface area contributed by atoms with Gasteiger partial charge in [-0.1, -0.05) is 26.0 Å². The van der Waals surface area contributed by atoms with Gasteiger partial charge < -0.3 is 5.32 Å². The summed E-state index contributed by atoms with van der Waals surface area (Å²) in [6.45, 7) is 6.93. The Balaban J connectivity index is 2.77.